The number of carbonyl (C=O) groups excluding carboxylic acids is 1. The molecule has 0 radical (unpaired) electrons. The molecule has 17 heteroatoms. The number of phenols is 1. The molecule has 0 aliphatic carbocycles. The van der Waals surface area contributed by atoms with Gasteiger partial charge in [-0.1, -0.05) is 0 Å². The largest absolute Gasteiger partial charge is 0.504 e. The predicted octanol–water partition coefficient (Wildman–Crippen LogP) is 2.98. The monoisotopic (exact) mass is 641 g/mol. The van der Waals surface area contributed by atoms with Crippen LogP contribution >= 0.6 is 0 Å². The summed E-state index contributed by atoms with van der Waals surface area (Å²) in [6.07, 6.45) is 1.70. The number of rotatable bonds is 9. The quantitative estimate of drug-likeness (QED) is 0.138. The van der Waals surface area contributed by atoms with Crippen LogP contribution in [-0.4, -0.2) is 77.8 Å². The third-order valence-corrected chi connectivity index (χ3v) is 8.46. The van der Waals surface area contributed by atoms with Gasteiger partial charge in [0.15, 0.2) is 17.3 Å². The van der Waals surface area contributed by atoms with E-state index in [0.29, 0.717) is 19.3 Å². The molecule has 0 bridgehead atoms. The van der Waals surface area contributed by atoms with Crippen LogP contribution in [0.4, 0.5) is 8.78 Å². The summed E-state index contributed by atoms with van der Waals surface area (Å²) < 4.78 is 74.6. The molecule has 45 heavy (non-hydrogen) atoms. The summed E-state index contributed by atoms with van der Waals surface area (Å²) >= 11 is 0. The highest BCUT2D eigenvalue weighted by Gasteiger charge is 2.30. The number of aromatic nitrogens is 3. The number of esters is 1. The topological polar surface area (TPSA) is 195 Å². The highest BCUT2D eigenvalue weighted by molar-refractivity contribution is 7.91. The number of phenolic OH excluding ortho intramolecular Hbond substituents is 1. The van der Waals surface area contributed by atoms with Crippen molar-refractivity contribution >= 4 is 27.5 Å². The van der Waals surface area contributed by atoms with Crippen molar-refractivity contribution in [3.63, 3.8) is 0 Å². The summed E-state index contributed by atoms with van der Waals surface area (Å²) in [5, 5.41) is 17.3. The van der Waals surface area contributed by atoms with E-state index in [1.807, 2.05) is 0 Å². The first-order chi connectivity index (χ1) is 21.3. The molecule has 0 fully saturated rings. The number of imidazole rings is 1. The van der Waals surface area contributed by atoms with Gasteiger partial charge in [-0.25, -0.2) is 27.6 Å². The number of likely N-dealkylation sites (N-methyl/N-ethyl adjacent to an activating group) is 1. The zero-order valence-electron chi connectivity index (χ0n) is 23.9. The Bertz CT molecular complexity index is 2000. The molecule has 1 aliphatic heterocycles. The van der Waals surface area contributed by atoms with E-state index in [0.717, 1.165) is 23.9 Å². The number of sulfone groups is 1. The standard InChI is InChI=1S/C28H25F2N7O7S/c1-36-9-8-33-25(36)16-11-15(45(40,41)28-35-13-18(37(28)2)27(39)42-3)5-7-20(16)43-23-17(29)12-34-26(22(23)30)44-21-10-14(24(31)32)4-6-19(21)38/h4-7,10-13,38H,8-9H2,1-3H3,(H3,31,32). The van der Waals surface area contributed by atoms with Crippen LogP contribution in [0.25, 0.3) is 0 Å². The lowest BCUT2D eigenvalue weighted by molar-refractivity contribution is 0.0589. The van der Waals surface area contributed by atoms with Crippen molar-refractivity contribution in [3.05, 3.63) is 77.2 Å². The molecule has 3 heterocycles. The van der Waals surface area contributed by atoms with E-state index in [2.05, 4.69) is 19.7 Å². The first kappa shape index (κ1) is 30.9. The number of nitrogens with zero attached hydrogens (tertiary/aromatic N) is 5. The van der Waals surface area contributed by atoms with Gasteiger partial charge in [0.05, 0.1) is 36.5 Å². The fourth-order valence-corrected chi connectivity index (χ4v) is 5.76. The Morgan fingerprint density at radius 3 is 2.49 bits per heavy atom. The van der Waals surface area contributed by atoms with Gasteiger partial charge in [0, 0.05) is 26.2 Å². The molecule has 0 spiro atoms. The summed E-state index contributed by atoms with van der Waals surface area (Å²) in [7, 11) is -0.155. The fourth-order valence-electron chi connectivity index (χ4n) is 4.38. The Morgan fingerprint density at radius 1 is 1.07 bits per heavy atom. The molecule has 234 valence electrons. The molecule has 2 aromatic carbocycles. The van der Waals surface area contributed by atoms with Crippen molar-refractivity contribution in [3.8, 4) is 28.9 Å². The van der Waals surface area contributed by atoms with Gasteiger partial charge in [-0.2, -0.15) is 4.39 Å². The highest BCUT2D eigenvalue weighted by Crippen LogP contribution is 2.38. The lowest BCUT2D eigenvalue weighted by Gasteiger charge is -2.19. The van der Waals surface area contributed by atoms with Crippen LogP contribution in [0.1, 0.15) is 21.6 Å². The van der Waals surface area contributed by atoms with E-state index in [1.54, 1.807) is 11.9 Å². The third kappa shape index (κ3) is 5.72. The number of halogens is 2. The van der Waals surface area contributed by atoms with Crippen LogP contribution in [0, 0.1) is 17.0 Å². The molecule has 0 saturated carbocycles. The predicted molar refractivity (Wildman–Crippen MR) is 154 cm³/mol. The Balaban J connectivity index is 1.56. The summed E-state index contributed by atoms with van der Waals surface area (Å²) in [4.78, 5) is 25.4. The van der Waals surface area contributed by atoms with Crippen LogP contribution in [0.15, 0.2) is 63.8 Å². The number of nitrogens with two attached hydrogens (primary N) is 1. The number of hydrogen-bond acceptors (Lipinski definition) is 12. The molecule has 5 rings (SSSR count). The van der Waals surface area contributed by atoms with Crippen molar-refractivity contribution in [1.82, 2.24) is 19.4 Å². The van der Waals surface area contributed by atoms with Crippen molar-refractivity contribution in [1.29, 1.82) is 5.41 Å². The Labute approximate surface area is 254 Å². The van der Waals surface area contributed by atoms with Crippen LogP contribution in [0.2, 0.25) is 0 Å². The average Bonchev–Trinajstić information content (AvgIpc) is 3.62. The lowest BCUT2D eigenvalue weighted by atomic mass is 10.1. The van der Waals surface area contributed by atoms with E-state index < -0.39 is 50.0 Å². The van der Waals surface area contributed by atoms with Gasteiger partial charge in [-0.3, -0.25) is 10.4 Å². The van der Waals surface area contributed by atoms with E-state index in [-0.39, 0.29) is 44.9 Å². The molecule has 0 saturated heterocycles. The number of hydrogen-bond donors (Lipinski definition) is 3. The van der Waals surface area contributed by atoms with Gasteiger partial charge in [0.25, 0.3) is 5.88 Å². The minimum Gasteiger partial charge on any atom is -0.504 e. The zero-order chi connectivity index (χ0) is 32.6. The summed E-state index contributed by atoms with van der Waals surface area (Å²) in [6.45, 7) is 0.843. The van der Waals surface area contributed by atoms with Gasteiger partial charge in [0.1, 0.15) is 23.1 Å². The SMILES string of the molecule is COC(=O)c1cnc(S(=O)(=O)c2ccc(Oc3c(F)cnc(Oc4cc(C(=N)N)ccc4O)c3F)c(C3=NCCN3C)c2)n1C. The van der Waals surface area contributed by atoms with Gasteiger partial charge in [-0.15, -0.1) is 0 Å². The fraction of sp³-hybridized carbons (Fsp3) is 0.179. The van der Waals surface area contributed by atoms with Gasteiger partial charge < -0.3 is 34.5 Å². The molecular formula is C28H25F2N7O7S. The molecule has 2 aromatic heterocycles. The van der Waals surface area contributed by atoms with E-state index >= 15 is 4.39 Å². The molecular weight excluding hydrogens is 616 g/mol. The minimum atomic E-state index is -4.33. The second-order valence-electron chi connectivity index (χ2n) is 9.62. The first-order valence-corrected chi connectivity index (χ1v) is 14.4. The molecule has 14 nitrogen and oxygen atoms in total. The van der Waals surface area contributed by atoms with Crippen LogP contribution < -0.4 is 15.2 Å². The average molecular weight is 642 g/mol. The number of benzene rings is 2. The minimum absolute atomic E-state index is 0.0864. The van der Waals surface area contributed by atoms with Crippen LogP contribution in [0.3, 0.4) is 0 Å². The Morgan fingerprint density at radius 2 is 1.82 bits per heavy atom. The normalized spacial score (nSPS) is 13.0. The summed E-state index contributed by atoms with van der Waals surface area (Å²) in [6, 6.07) is 7.25. The number of pyridine rings is 1. The molecule has 4 N–H and O–H groups in total. The maximum Gasteiger partial charge on any atom is 0.356 e. The van der Waals surface area contributed by atoms with Gasteiger partial charge >= 0.3 is 5.97 Å². The summed E-state index contributed by atoms with van der Waals surface area (Å²) in [5.74, 6) is -6.05. The van der Waals surface area contributed by atoms with Crippen molar-refractivity contribution < 1.29 is 41.3 Å². The summed E-state index contributed by atoms with van der Waals surface area (Å²) in [5.41, 5.74) is 5.62. The second-order valence-corrected chi connectivity index (χ2v) is 11.5. The molecule has 0 atom stereocenters. The lowest BCUT2D eigenvalue weighted by Crippen LogP contribution is -2.24. The van der Waals surface area contributed by atoms with E-state index in [1.165, 1.54) is 37.4 Å². The van der Waals surface area contributed by atoms with Crippen molar-refractivity contribution in [2.45, 2.75) is 10.1 Å². The number of carbonyl (C=O) groups is 1. The molecule has 1 aliphatic rings. The van der Waals surface area contributed by atoms with Crippen LogP contribution in [-0.2, 0) is 21.6 Å². The number of aromatic hydroxyl groups is 1. The Hall–Kier alpha value is -5.58. The molecule has 0 amide bonds. The smallest absolute Gasteiger partial charge is 0.356 e. The third-order valence-electron chi connectivity index (χ3n) is 6.73. The number of nitrogen functional groups attached to an aromatic ring is 1. The first-order valence-electron chi connectivity index (χ1n) is 13.0. The number of ether oxygens (including phenoxy) is 3. The van der Waals surface area contributed by atoms with Crippen molar-refractivity contribution in [2.24, 2.45) is 17.8 Å². The maximum absolute atomic E-state index is 15.6. The van der Waals surface area contributed by atoms with Gasteiger partial charge in [0.2, 0.25) is 26.6 Å². The van der Waals surface area contributed by atoms with Crippen LogP contribution in [0.5, 0.6) is 28.9 Å². The van der Waals surface area contributed by atoms with E-state index in [9.17, 15) is 22.7 Å². The number of nitrogens with one attached hydrogen (secondary N) is 1. The highest BCUT2D eigenvalue weighted by atomic mass is 32.2. The number of methoxy groups -OCH3 is 1. The van der Waals surface area contributed by atoms with Crippen molar-refractivity contribution in [2.75, 3.05) is 27.2 Å². The maximum atomic E-state index is 15.6. The second kappa shape index (κ2) is 11.8. The number of aliphatic imine (C=N–C) groups is 1. The zero-order valence-corrected chi connectivity index (χ0v) is 24.7. The number of amidine groups is 2. The Kier molecular flexibility index (Phi) is 8.12. The molecule has 0 unspecified atom stereocenters. The van der Waals surface area contributed by atoms with E-state index in [4.69, 9.17) is 20.6 Å². The molecule has 4 aromatic rings. The van der Waals surface area contributed by atoms with Gasteiger partial charge in [-0.05, 0) is 36.4 Å².